The number of aromatic nitrogens is 1. The third kappa shape index (κ3) is 3.75. The van der Waals surface area contributed by atoms with Gasteiger partial charge in [0.2, 0.25) is 0 Å². The number of rotatable bonds is 4. The van der Waals surface area contributed by atoms with Gasteiger partial charge in [0.1, 0.15) is 5.82 Å². The van der Waals surface area contributed by atoms with Gasteiger partial charge >= 0.3 is 0 Å². The van der Waals surface area contributed by atoms with Crippen LogP contribution in [-0.4, -0.2) is 35.6 Å². The summed E-state index contributed by atoms with van der Waals surface area (Å²) in [6.07, 6.45) is 5.35. The molecule has 1 aliphatic rings. The molecule has 94 valence electrons. The Kier molecular flexibility index (Phi) is 4.45. The number of halogens is 1. The SMILES string of the molecule is CCNC1CCN(Cc2cncc(F)c2)CC1. The van der Waals surface area contributed by atoms with E-state index in [1.54, 1.807) is 12.3 Å². The van der Waals surface area contributed by atoms with Crippen molar-refractivity contribution < 1.29 is 4.39 Å². The summed E-state index contributed by atoms with van der Waals surface area (Å²) in [5.74, 6) is -0.245. The smallest absolute Gasteiger partial charge is 0.141 e. The molecule has 0 bridgehead atoms. The van der Waals surface area contributed by atoms with E-state index in [1.165, 1.54) is 19.0 Å². The normalized spacial score (nSPS) is 18.5. The molecule has 0 radical (unpaired) electrons. The summed E-state index contributed by atoms with van der Waals surface area (Å²) < 4.78 is 13.0. The lowest BCUT2D eigenvalue weighted by molar-refractivity contribution is 0.191. The highest BCUT2D eigenvalue weighted by molar-refractivity contribution is 5.10. The number of hydrogen-bond donors (Lipinski definition) is 1. The minimum Gasteiger partial charge on any atom is -0.314 e. The molecule has 1 aromatic heterocycles. The monoisotopic (exact) mass is 237 g/mol. The second-order valence-corrected chi connectivity index (χ2v) is 4.62. The van der Waals surface area contributed by atoms with E-state index in [2.05, 4.69) is 22.1 Å². The number of nitrogens with one attached hydrogen (secondary N) is 1. The van der Waals surface area contributed by atoms with Crippen LogP contribution in [0.4, 0.5) is 4.39 Å². The first-order valence-electron chi connectivity index (χ1n) is 6.33. The fraction of sp³-hybridized carbons (Fsp3) is 0.615. The molecule has 1 aliphatic heterocycles. The van der Waals surface area contributed by atoms with Crippen molar-refractivity contribution in [3.05, 3.63) is 29.8 Å². The van der Waals surface area contributed by atoms with Crippen LogP contribution in [0.3, 0.4) is 0 Å². The van der Waals surface area contributed by atoms with E-state index >= 15 is 0 Å². The minimum atomic E-state index is -0.245. The van der Waals surface area contributed by atoms with E-state index in [9.17, 15) is 4.39 Å². The Morgan fingerprint density at radius 1 is 1.41 bits per heavy atom. The first-order valence-corrected chi connectivity index (χ1v) is 6.33. The van der Waals surface area contributed by atoms with E-state index in [0.29, 0.717) is 6.04 Å². The average molecular weight is 237 g/mol. The number of hydrogen-bond acceptors (Lipinski definition) is 3. The van der Waals surface area contributed by atoms with Crippen LogP contribution >= 0.6 is 0 Å². The Morgan fingerprint density at radius 2 is 2.18 bits per heavy atom. The molecule has 1 saturated heterocycles. The molecular formula is C13H20FN3. The number of nitrogens with zero attached hydrogens (tertiary/aromatic N) is 2. The molecule has 2 rings (SSSR count). The van der Waals surface area contributed by atoms with Crippen molar-refractivity contribution in [1.29, 1.82) is 0 Å². The molecule has 0 aromatic carbocycles. The molecule has 0 unspecified atom stereocenters. The predicted molar refractivity (Wildman–Crippen MR) is 66.2 cm³/mol. The standard InChI is InChI=1S/C13H20FN3/c1-2-16-13-3-5-17(6-4-13)10-11-7-12(14)9-15-8-11/h7-9,13,16H,2-6,10H2,1H3. The highest BCUT2D eigenvalue weighted by Gasteiger charge is 2.18. The Hall–Kier alpha value is -1.00. The van der Waals surface area contributed by atoms with Crippen molar-refractivity contribution in [2.24, 2.45) is 0 Å². The maximum absolute atomic E-state index is 13.0. The number of likely N-dealkylation sites (tertiary alicyclic amines) is 1. The van der Waals surface area contributed by atoms with Gasteiger partial charge in [0.25, 0.3) is 0 Å². The van der Waals surface area contributed by atoms with Crippen LogP contribution in [0.5, 0.6) is 0 Å². The van der Waals surface area contributed by atoms with Gasteiger partial charge in [-0.25, -0.2) is 4.39 Å². The second kappa shape index (κ2) is 6.07. The third-order valence-corrected chi connectivity index (χ3v) is 3.25. The Bertz CT molecular complexity index is 348. The maximum atomic E-state index is 13.0. The van der Waals surface area contributed by atoms with Gasteiger partial charge in [-0.05, 0) is 44.1 Å². The van der Waals surface area contributed by atoms with Gasteiger partial charge in [-0.3, -0.25) is 9.88 Å². The molecule has 0 atom stereocenters. The van der Waals surface area contributed by atoms with Gasteiger partial charge in [0.15, 0.2) is 0 Å². The zero-order valence-corrected chi connectivity index (χ0v) is 10.3. The average Bonchev–Trinajstić information content (AvgIpc) is 2.32. The van der Waals surface area contributed by atoms with Crippen LogP contribution in [0.25, 0.3) is 0 Å². The fourth-order valence-electron chi connectivity index (χ4n) is 2.38. The van der Waals surface area contributed by atoms with Crippen LogP contribution < -0.4 is 5.32 Å². The summed E-state index contributed by atoms with van der Waals surface area (Å²) in [6, 6.07) is 2.23. The van der Waals surface area contributed by atoms with Crippen LogP contribution in [-0.2, 0) is 6.54 Å². The largest absolute Gasteiger partial charge is 0.314 e. The molecule has 2 heterocycles. The molecule has 0 aliphatic carbocycles. The van der Waals surface area contributed by atoms with Crippen LogP contribution in [0.1, 0.15) is 25.3 Å². The van der Waals surface area contributed by atoms with Crippen molar-refractivity contribution in [1.82, 2.24) is 15.2 Å². The van der Waals surface area contributed by atoms with Gasteiger partial charge in [0.05, 0.1) is 6.20 Å². The molecule has 1 aromatic rings. The quantitative estimate of drug-likeness (QED) is 0.865. The lowest BCUT2D eigenvalue weighted by Crippen LogP contribution is -2.42. The van der Waals surface area contributed by atoms with E-state index in [-0.39, 0.29) is 5.82 Å². The Balaban J connectivity index is 1.82. The molecule has 0 spiro atoms. The third-order valence-electron chi connectivity index (χ3n) is 3.25. The molecular weight excluding hydrogens is 217 g/mol. The van der Waals surface area contributed by atoms with Crippen molar-refractivity contribution in [3.8, 4) is 0 Å². The molecule has 0 amide bonds. The van der Waals surface area contributed by atoms with Crippen molar-refractivity contribution in [2.75, 3.05) is 19.6 Å². The summed E-state index contributed by atoms with van der Waals surface area (Å²) >= 11 is 0. The fourth-order valence-corrected chi connectivity index (χ4v) is 2.38. The van der Waals surface area contributed by atoms with E-state index in [0.717, 1.165) is 31.7 Å². The molecule has 0 saturated carbocycles. The first kappa shape index (κ1) is 12.5. The Labute approximate surface area is 102 Å². The van der Waals surface area contributed by atoms with Gasteiger partial charge < -0.3 is 5.32 Å². The Morgan fingerprint density at radius 3 is 2.82 bits per heavy atom. The second-order valence-electron chi connectivity index (χ2n) is 4.62. The van der Waals surface area contributed by atoms with Crippen LogP contribution in [0, 0.1) is 5.82 Å². The van der Waals surface area contributed by atoms with Crippen LogP contribution in [0.2, 0.25) is 0 Å². The molecule has 1 N–H and O–H groups in total. The van der Waals surface area contributed by atoms with Gasteiger partial charge in [-0.1, -0.05) is 6.92 Å². The van der Waals surface area contributed by atoms with E-state index in [4.69, 9.17) is 0 Å². The molecule has 3 nitrogen and oxygen atoms in total. The minimum absolute atomic E-state index is 0.245. The van der Waals surface area contributed by atoms with Gasteiger partial charge in [0, 0.05) is 18.8 Å². The molecule has 4 heteroatoms. The first-order chi connectivity index (χ1) is 8.28. The summed E-state index contributed by atoms with van der Waals surface area (Å²) in [4.78, 5) is 6.25. The zero-order chi connectivity index (χ0) is 12.1. The molecule has 17 heavy (non-hydrogen) atoms. The van der Waals surface area contributed by atoms with Crippen LogP contribution in [0.15, 0.2) is 18.5 Å². The number of piperidine rings is 1. The lowest BCUT2D eigenvalue weighted by atomic mass is 10.0. The lowest BCUT2D eigenvalue weighted by Gasteiger charge is -2.32. The topological polar surface area (TPSA) is 28.2 Å². The summed E-state index contributed by atoms with van der Waals surface area (Å²) in [7, 11) is 0. The summed E-state index contributed by atoms with van der Waals surface area (Å²) in [5.41, 5.74) is 0.965. The van der Waals surface area contributed by atoms with Gasteiger partial charge in [-0.2, -0.15) is 0 Å². The maximum Gasteiger partial charge on any atom is 0.141 e. The van der Waals surface area contributed by atoms with Crippen molar-refractivity contribution in [2.45, 2.75) is 32.4 Å². The van der Waals surface area contributed by atoms with E-state index < -0.39 is 0 Å². The molecule has 1 fully saturated rings. The highest BCUT2D eigenvalue weighted by Crippen LogP contribution is 2.13. The summed E-state index contributed by atoms with van der Waals surface area (Å²) in [6.45, 7) is 6.15. The van der Waals surface area contributed by atoms with Crippen molar-refractivity contribution in [3.63, 3.8) is 0 Å². The predicted octanol–water partition coefficient (Wildman–Crippen LogP) is 1.79. The zero-order valence-electron chi connectivity index (χ0n) is 10.3. The summed E-state index contributed by atoms with van der Waals surface area (Å²) in [5, 5.41) is 3.48. The van der Waals surface area contributed by atoms with E-state index in [1.807, 2.05) is 0 Å². The van der Waals surface area contributed by atoms with Crippen molar-refractivity contribution >= 4 is 0 Å². The highest BCUT2D eigenvalue weighted by atomic mass is 19.1. The van der Waals surface area contributed by atoms with Gasteiger partial charge in [-0.15, -0.1) is 0 Å². The number of pyridine rings is 1.